The van der Waals surface area contributed by atoms with E-state index >= 15 is 0 Å². The van der Waals surface area contributed by atoms with Crippen molar-refractivity contribution in [2.75, 3.05) is 5.75 Å². The first-order valence-corrected chi connectivity index (χ1v) is 22.4. The van der Waals surface area contributed by atoms with Crippen molar-refractivity contribution < 1.29 is 28.0 Å². The first-order valence-electron chi connectivity index (χ1n) is 20.8. The van der Waals surface area contributed by atoms with Gasteiger partial charge in [-0.3, -0.25) is 9.35 Å². The van der Waals surface area contributed by atoms with Gasteiger partial charge in [0.1, 0.15) is 6.10 Å². The van der Waals surface area contributed by atoms with Crippen molar-refractivity contribution in [3.8, 4) is 0 Å². The molecule has 0 bridgehead atoms. The van der Waals surface area contributed by atoms with Crippen molar-refractivity contribution >= 4 is 16.0 Å². The van der Waals surface area contributed by atoms with Gasteiger partial charge in [-0.25, -0.2) is 0 Å². The highest BCUT2D eigenvalue weighted by Crippen LogP contribution is 2.14. The standard InChI is InChI=1S/C42H79NO6S/c1-3-5-7-9-11-13-15-17-19-20-21-23-24-26-28-30-32-34-36-40(44)39(38-50(47,48)49)43-42(46)41(45)37-35-33-31-29-27-25-22-18-16-14-12-10-8-6-4-2/h22,25-26,28,34,36,39-41,44-45H,3-21,23-24,27,29-33,35,37-38H2,1-2H3,(H,43,46)(H,47,48,49)/b25-22-,28-26+,36-34+. The van der Waals surface area contributed by atoms with Gasteiger partial charge >= 0.3 is 0 Å². The van der Waals surface area contributed by atoms with Crippen molar-refractivity contribution in [3.05, 3.63) is 36.5 Å². The molecule has 4 N–H and O–H groups in total. The zero-order chi connectivity index (χ0) is 37.0. The van der Waals surface area contributed by atoms with Crippen molar-refractivity contribution in [1.29, 1.82) is 0 Å². The highest BCUT2D eigenvalue weighted by Gasteiger charge is 2.27. The lowest BCUT2D eigenvalue weighted by atomic mass is 10.0. The predicted octanol–water partition coefficient (Wildman–Crippen LogP) is 11.1. The summed E-state index contributed by atoms with van der Waals surface area (Å²) < 4.78 is 32.5. The molecule has 0 spiro atoms. The number of aliphatic hydroxyl groups is 2. The fraction of sp³-hybridized carbons (Fsp3) is 0.833. The van der Waals surface area contributed by atoms with E-state index in [1.165, 1.54) is 128 Å². The SMILES string of the molecule is CCCCCCCCC/C=C\CCCCCCC(O)C(=O)NC(CS(=O)(=O)O)C(O)/C=C/CC/C=C/CCCCCCCCCCCCCC. The molecule has 8 heteroatoms. The fourth-order valence-electron chi connectivity index (χ4n) is 6.17. The maximum absolute atomic E-state index is 12.6. The number of amides is 1. The monoisotopic (exact) mass is 726 g/mol. The summed E-state index contributed by atoms with van der Waals surface area (Å²) >= 11 is 0. The second kappa shape index (κ2) is 35.9. The van der Waals surface area contributed by atoms with E-state index in [-0.39, 0.29) is 6.42 Å². The maximum Gasteiger partial charge on any atom is 0.267 e. The summed E-state index contributed by atoms with van der Waals surface area (Å²) in [6, 6.07) is -1.25. The molecule has 0 aliphatic heterocycles. The van der Waals surface area contributed by atoms with Crippen LogP contribution >= 0.6 is 0 Å². The normalized spacial score (nSPS) is 14.3. The van der Waals surface area contributed by atoms with Crippen molar-refractivity contribution in [2.45, 2.75) is 218 Å². The molecule has 0 saturated heterocycles. The highest BCUT2D eigenvalue weighted by molar-refractivity contribution is 7.85. The molecule has 50 heavy (non-hydrogen) atoms. The second-order valence-corrected chi connectivity index (χ2v) is 15.9. The lowest BCUT2D eigenvalue weighted by Gasteiger charge is -2.22. The number of hydrogen-bond acceptors (Lipinski definition) is 5. The quantitative estimate of drug-likeness (QED) is 0.0287. The zero-order valence-electron chi connectivity index (χ0n) is 32.4. The first kappa shape index (κ1) is 48.5. The van der Waals surface area contributed by atoms with Crippen LogP contribution in [0.2, 0.25) is 0 Å². The molecule has 3 atom stereocenters. The van der Waals surface area contributed by atoms with Crippen LogP contribution in [0.5, 0.6) is 0 Å². The van der Waals surface area contributed by atoms with E-state index in [1.807, 2.05) is 0 Å². The number of hydrogen-bond donors (Lipinski definition) is 4. The molecule has 0 fully saturated rings. The Morgan fingerprint density at radius 2 is 0.900 bits per heavy atom. The minimum Gasteiger partial charge on any atom is -0.387 e. The number of carbonyl (C=O) groups excluding carboxylic acids is 1. The van der Waals surface area contributed by atoms with Crippen molar-refractivity contribution in [2.24, 2.45) is 0 Å². The molecule has 0 aromatic heterocycles. The average molecular weight is 726 g/mol. The van der Waals surface area contributed by atoms with E-state index in [0.29, 0.717) is 12.8 Å². The van der Waals surface area contributed by atoms with Gasteiger partial charge in [0.05, 0.1) is 17.9 Å². The smallest absolute Gasteiger partial charge is 0.267 e. The highest BCUT2D eigenvalue weighted by atomic mass is 32.2. The lowest BCUT2D eigenvalue weighted by molar-refractivity contribution is -0.130. The molecule has 0 aliphatic rings. The number of allylic oxidation sites excluding steroid dienone is 5. The molecular formula is C42H79NO6S. The first-order chi connectivity index (χ1) is 24.2. The van der Waals surface area contributed by atoms with Crippen LogP contribution in [0, 0.1) is 0 Å². The third-order valence-corrected chi connectivity index (χ3v) is 10.2. The van der Waals surface area contributed by atoms with Crippen LogP contribution in [-0.4, -0.2) is 53.1 Å². The predicted molar refractivity (Wildman–Crippen MR) is 213 cm³/mol. The average Bonchev–Trinajstić information content (AvgIpc) is 3.08. The number of aliphatic hydroxyl groups excluding tert-OH is 2. The van der Waals surface area contributed by atoms with Gasteiger partial charge in [-0.15, -0.1) is 0 Å². The van der Waals surface area contributed by atoms with E-state index in [4.69, 9.17) is 0 Å². The Bertz CT molecular complexity index is 948. The fourth-order valence-corrected chi connectivity index (χ4v) is 6.91. The van der Waals surface area contributed by atoms with Gasteiger partial charge < -0.3 is 15.5 Å². The number of nitrogens with one attached hydrogen (secondary N) is 1. The molecule has 1 amide bonds. The molecule has 7 nitrogen and oxygen atoms in total. The van der Waals surface area contributed by atoms with Crippen molar-refractivity contribution in [3.63, 3.8) is 0 Å². The number of rotatable bonds is 37. The van der Waals surface area contributed by atoms with Gasteiger partial charge in [0.2, 0.25) is 5.91 Å². The Morgan fingerprint density at radius 1 is 0.540 bits per heavy atom. The van der Waals surface area contributed by atoms with E-state index in [2.05, 4.69) is 43.5 Å². The summed E-state index contributed by atoms with van der Waals surface area (Å²) in [4.78, 5) is 12.6. The van der Waals surface area contributed by atoms with Gasteiger partial charge in [0, 0.05) is 0 Å². The molecule has 0 radical (unpaired) electrons. The van der Waals surface area contributed by atoms with Gasteiger partial charge in [-0.2, -0.15) is 8.42 Å². The number of carbonyl (C=O) groups is 1. The Balaban J connectivity index is 4.11. The largest absolute Gasteiger partial charge is 0.387 e. The molecule has 0 aromatic rings. The summed E-state index contributed by atoms with van der Waals surface area (Å²) in [6.07, 6.45) is 43.4. The summed E-state index contributed by atoms with van der Waals surface area (Å²) in [5.41, 5.74) is 0. The molecule has 294 valence electrons. The van der Waals surface area contributed by atoms with Crippen LogP contribution in [0.15, 0.2) is 36.5 Å². The van der Waals surface area contributed by atoms with Crippen LogP contribution in [0.25, 0.3) is 0 Å². The molecule has 0 aromatic carbocycles. The molecule has 0 heterocycles. The molecule has 0 rings (SSSR count). The zero-order valence-corrected chi connectivity index (χ0v) is 33.2. The molecule has 0 aliphatic carbocycles. The molecule has 0 saturated carbocycles. The second-order valence-electron chi connectivity index (χ2n) is 14.4. The summed E-state index contributed by atoms with van der Waals surface area (Å²) in [6.45, 7) is 4.50. The Hall–Kier alpha value is -1.48. The van der Waals surface area contributed by atoms with Gasteiger partial charge in [-0.05, 0) is 57.8 Å². The topological polar surface area (TPSA) is 124 Å². The van der Waals surface area contributed by atoms with E-state index in [1.54, 1.807) is 6.08 Å². The van der Waals surface area contributed by atoms with Crippen LogP contribution in [0.3, 0.4) is 0 Å². The van der Waals surface area contributed by atoms with Crippen LogP contribution in [0.1, 0.15) is 200 Å². The Kier molecular flexibility index (Phi) is 34.8. The number of unbranched alkanes of at least 4 members (excludes halogenated alkanes) is 24. The third kappa shape index (κ3) is 34.9. The van der Waals surface area contributed by atoms with E-state index in [0.717, 1.165) is 44.9 Å². The summed E-state index contributed by atoms with van der Waals surface area (Å²) in [7, 11) is -4.45. The minimum atomic E-state index is -4.45. The lowest BCUT2D eigenvalue weighted by Crippen LogP contribution is -2.50. The van der Waals surface area contributed by atoms with Crippen molar-refractivity contribution in [1.82, 2.24) is 5.32 Å². The third-order valence-electron chi connectivity index (χ3n) is 9.40. The van der Waals surface area contributed by atoms with Crippen LogP contribution < -0.4 is 5.32 Å². The minimum absolute atomic E-state index is 0.260. The van der Waals surface area contributed by atoms with Gasteiger partial charge in [-0.1, -0.05) is 179 Å². The van der Waals surface area contributed by atoms with Crippen LogP contribution in [0.4, 0.5) is 0 Å². The Labute approximate surface area is 309 Å². The maximum atomic E-state index is 12.6. The van der Waals surface area contributed by atoms with Gasteiger partial charge in [0.25, 0.3) is 10.1 Å². The summed E-state index contributed by atoms with van der Waals surface area (Å²) in [5.74, 6) is -1.57. The Morgan fingerprint density at radius 3 is 1.32 bits per heavy atom. The summed E-state index contributed by atoms with van der Waals surface area (Å²) in [5, 5.41) is 23.4. The molecule has 3 unspecified atom stereocenters. The van der Waals surface area contributed by atoms with Gasteiger partial charge in [0.15, 0.2) is 0 Å². The molecular weight excluding hydrogens is 647 g/mol. The van der Waals surface area contributed by atoms with Crippen LogP contribution in [-0.2, 0) is 14.9 Å². The van der Waals surface area contributed by atoms with E-state index < -0.39 is 40.0 Å². The van der Waals surface area contributed by atoms with E-state index in [9.17, 15) is 28.0 Å².